The zero-order valence-electron chi connectivity index (χ0n) is 13.9. The predicted molar refractivity (Wildman–Crippen MR) is 95.5 cm³/mol. The quantitative estimate of drug-likeness (QED) is 0.692. The van der Waals surface area contributed by atoms with Gasteiger partial charge in [-0.15, -0.1) is 24.8 Å². The van der Waals surface area contributed by atoms with Crippen molar-refractivity contribution in [3.05, 3.63) is 0 Å². The molecule has 138 valence electrons. The Bertz CT molecular complexity index is 342. The second kappa shape index (κ2) is 11.4. The summed E-state index contributed by atoms with van der Waals surface area (Å²) in [5.41, 5.74) is 5.45. The van der Waals surface area contributed by atoms with E-state index in [0.717, 1.165) is 39.0 Å². The van der Waals surface area contributed by atoms with Crippen molar-refractivity contribution in [2.75, 3.05) is 53.1 Å². The molecule has 3 N–H and O–H groups in total. The Balaban J connectivity index is 0.00000242. The number of hydrogen-bond acceptors (Lipinski definition) is 5. The van der Waals surface area contributed by atoms with Gasteiger partial charge < -0.3 is 20.5 Å². The third-order valence-corrected chi connectivity index (χ3v) is 4.90. The van der Waals surface area contributed by atoms with E-state index in [1.807, 2.05) is 0 Å². The van der Waals surface area contributed by atoms with E-state index in [0.29, 0.717) is 32.3 Å². The van der Waals surface area contributed by atoms with E-state index < -0.39 is 5.41 Å². The van der Waals surface area contributed by atoms with Crippen LogP contribution in [0.4, 0.5) is 0 Å². The van der Waals surface area contributed by atoms with Crippen LogP contribution in [0.25, 0.3) is 0 Å². The van der Waals surface area contributed by atoms with E-state index in [1.165, 1.54) is 6.42 Å². The minimum absolute atomic E-state index is 0. The van der Waals surface area contributed by atoms with Crippen LogP contribution in [0, 0.1) is 5.41 Å². The fourth-order valence-corrected chi connectivity index (χ4v) is 3.31. The highest BCUT2D eigenvalue weighted by Gasteiger charge is 2.39. The molecular formula is C15H31Cl2N3O3. The first kappa shape index (κ1) is 22.9. The zero-order chi connectivity index (χ0) is 15.1. The minimum atomic E-state index is -0.422. The Morgan fingerprint density at radius 2 is 2.09 bits per heavy atom. The Labute approximate surface area is 151 Å². The van der Waals surface area contributed by atoms with E-state index in [-0.39, 0.29) is 30.7 Å². The Hall–Kier alpha value is -0.110. The summed E-state index contributed by atoms with van der Waals surface area (Å²) in [5, 5.41) is 3.14. The topological polar surface area (TPSA) is 76.8 Å². The summed E-state index contributed by atoms with van der Waals surface area (Å²) in [5.74, 6) is 0.104. The normalized spacial score (nSPS) is 23.7. The van der Waals surface area contributed by atoms with Gasteiger partial charge in [0.1, 0.15) is 0 Å². The fourth-order valence-electron chi connectivity index (χ4n) is 3.31. The molecule has 1 unspecified atom stereocenters. The standard InChI is InChI=1S/C15H29N3O3.2ClH/c1-20-10-7-18-6-2-3-13(18)11-17-14(19)15(12-16)4-8-21-9-5-15;;/h13H,2-12,16H2,1H3,(H,17,19);2*1H. The van der Waals surface area contributed by atoms with Crippen molar-refractivity contribution in [3.63, 3.8) is 0 Å². The monoisotopic (exact) mass is 371 g/mol. The summed E-state index contributed by atoms with van der Waals surface area (Å²) >= 11 is 0. The highest BCUT2D eigenvalue weighted by Crippen LogP contribution is 2.29. The molecule has 2 rings (SSSR count). The van der Waals surface area contributed by atoms with E-state index in [9.17, 15) is 4.79 Å². The second-order valence-electron chi connectivity index (χ2n) is 6.13. The van der Waals surface area contributed by atoms with Gasteiger partial charge in [0.15, 0.2) is 0 Å². The van der Waals surface area contributed by atoms with Gasteiger partial charge in [0.2, 0.25) is 5.91 Å². The first-order chi connectivity index (χ1) is 10.2. The SMILES string of the molecule is COCCN1CCCC1CNC(=O)C1(CN)CCOCC1.Cl.Cl. The van der Waals surface area contributed by atoms with Crippen molar-refractivity contribution in [1.82, 2.24) is 10.2 Å². The third kappa shape index (κ3) is 6.03. The lowest BCUT2D eigenvalue weighted by molar-refractivity contribution is -0.136. The molecule has 23 heavy (non-hydrogen) atoms. The van der Waals surface area contributed by atoms with Crippen LogP contribution in [0.5, 0.6) is 0 Å². The van der Waals surface area contributed by atoms with Gasteiger partial charge in [-0.3, -0.25) is 9.69 Å². The molecule has 0 aromatic heterocycles. The van der Waals surface area contributed by atoms with E-state index in [1.54, 1.807) is 7.11 Å². The number of amides is 1. The lowest BCUT2D eigenvalue weighted by atomic mass is 9.79. The molecule has 0 aromatic carbocycles. The van der Waals surface area contributed by atoms with Crippen LogP contribution in [0.15, 0.2) is 0 Å². The number of carbonyl (C=O) groups excluding carboxylic acids is 1. The number of rotatable bonds is 7. The van der Waals surface area contributed by atoms with Gasteiger partial charge in [0, 0.05) is 46.0 Å². The van der Waals surface area contributed by atoms with Crippen molar-refractivity contribution in [2.24, 2.45) is 11.1 Å². The molecule has 0 bridgehead atoms. The lowest BCUT2D eigenvalue weighted by Crippen LogP contribution is -2.51. The van der Waals surface area contributed by atoms with Crippen molar-refractivity contribution in [3.8, 4) is 0 Å². The predicted octanol–water partition coefficient (Wildman–Crippen LogP) is 0.813. The van der Waals surface area contributed by atoms with Crippen LogP contribution in [0.1, 0.15) is 25.7 Å². The third-order valence-electron chi connectivity index (χ3n) is 4.90. The van der Waals surface area contributed by atoms with Gasteiger partial charge in [-0.2, -0.15) is 0 Å². The van der Waals surface area contributed by atoms with Crippen LogP contribution in [0.2, 0.25) is 0 Å². The minimum Gasteiger partial charge on any atom is -0.383 e. The van der Waals surface area contributed by atoms with E-state index >= 15 is 0 Å². The summed E-state index contributed by atoms with van der Waals surface area (Å²) in [6.45, 7) is 5.16. The number of nitrogens with zero attached hydrogens (tertiary/aromatic N) is 1. The molecule has 1 amide bonds. The molecule has 0 saturated carbocycles. The molecule has 2 aliphatic heterocycles. The van der Waals surface area contributed by atoms with Crippen LogP contribution in [-0.4, -0.2) is 70.0 Å². The summed E-state index contributed by atoms with van der Waals surface area (Å²) < 4.78 is 10.5. The van der Waals surface area contributed by atoms with Crippen LogP contribution in [-0.2, 0) is 14.3 Å². The van der Waals surface area contributed by atoms with E-state index in [2.05, 4.69) is 10.2 Å². The van der Waals surface area contributed by atoms with Gasteiger partial charge in [0.05, 0.1) is 12.0 Å². The summed E-state index contributed by atoms with van der Waals surface area (Å²) in [6.07, 6.45) is 3.80. The highest BCUT2D eigenvalue weighted by molar-refractivity contribution is 5.85. The number of nitrogens with one attached hydrogen (secondary N) is 1. The maximum absolute atomic E-state index is 12.5. The van der Waals surface area contributed by atoms with Gasteiger partial charge in [-0.05, 0) is 32.2 Å². The molecular weight excluding hydrogens is 341 g/mol. The molecule has 1 atom stereocenters. The summed E-state index contributed by atoms with van der Waals surface area (Å²) in [6, 6.07) is 0.429. The molecule has 8 heteroatoms. The maximum Gasteiger partial charge on any atom is 0.227 e. The largest absolute Gasteiger partial charge is 0.383 e. The maximum atomic E-state index is 12.5. The zero-order valence-corrected chi connectivity index (χ0v) is 15.6. The van der Waals surface area contributed by atoms with Crippen molar-refractivity contribution in [2.45, 2.75) is 31.7 Å². The number of halogens is 2. The van der Waals surface area contributed by atoms with Crippen LogP contribution in [0.3, 0.4) is 0 Å². The number of ether oxygens (including phenoxy) is 2. The molecule has 0 aromatic rings. The van der Waals surface area contributed by atoms with Gasteiger partial charge in [0.25, 0.3) is 0 Å². The first-order valence-electron chi connectivity index (χ1n) is 8.01. The average molecular weight is 372 g/mol. The van der Waals surface area contributed by atoms with Crippen molar-refractivity contribution in [1.29, 1.82) is 0 Å². The van der Waals surface area contributed by atoms with Crippen molar-refractivity contribution < 1.29 is 14.3 Å². The Kier molecular flexibility index (Phi) is 11.4. The fraction of sp³-hybridized carbons (Fsp3) is 0.933. The van der Waals surface area contributed by atoms with E-state index in [4.69, 9.17) is 15.2 Å². The number of hydrogen-bond donors (Lipinski definition) is 2. The average Bonchev–Trinajstić information content (AvgIpc) is 2.98. The van der Waals surface area contributed by atoms with Gasteiger partial charge in [-0.1, -0.05) is 0 Å². The Morgan fingerprint density at radius 1 is 1.39 bits per heavy atom. The van der Waals surface area contributed by atoms with Crippen LogP contribution < -0.4 is 11.1 Å². The smallest absolute Gasteiger partial charge is 0.227 e. The summed E-state index contributed by atoms with van der Waals surface area (Å²) in [7, 11) is 1.73. The first-order valence-corrected chi connectivity index (χ1v) is 8.01. The summed E-state index contributed by atoms with van der Waals surface area (Å²) in [4.78, 5) is 14.9. The number of nitrogens with two attached hydrogens (primary N) is 1. The molecule has 0 radical (unpaired) electrons. The van der Waals surface area contributed by atoms with Crippen molar-refractivity contribution >= 4 is 30.7 Å². The number of likely N-dealkylation sites (tertiary alicyclic amines) is 1. The van der Waals surface area contributed by atoms with Gasteiger partial charge in [-0.25, -0.2) is 0 Å². The molecule has 0 spiro atoms. The molecule has 0 aliphatic carbocycles. The van der Waals surface area contributed by atoms with Gasteiger partial charge >= 0.3 is 0 Å². The molecule has 2 heterocycles. The molecule has 2 saturated heterocycles. The molecule has 2 fully saturated rings. The number of methoxy groups -OCH3 is 1. The van der Waals surface area contributed by atoms with Crippen LogP contribution >= 0.6 is 24.8 Å². The Morgan fingerprint density at radius 3 is 2.70 bits per heavy atom. The highest BCUT2D eigenvalue weighted by atomic mass is 35.5. The molecule has 6 nitrogen and oxygen atoms in total. The second-order valence-corrected chi connectivity index (χ2v) is 6.13. The number of carbonyl (C=O) groups is 1. The molecule has 2 aliphatic rings. The lowest BCUT2D eigenvalue weighted by Gasteiger charge is -2.35.